The van der Waals surface area contributed by atoms with Crippen molar-refractivity contribution in [3.63, 3.8) is 0 Å². The Morgan fingerprint density at radius 2 is 1.71 bits per heavy atom. The summed E-state index contributed by atoms with van der Waals surface area (Å²) in [5.41, 5.74) is 7.32. The van der Waals surface area contributed by atoms with Gasteiger partial charge in [-0.2, -0.15) is 0 Å². The average molecular weight is 478 g/mol. The van der Waals surface area contributed by atoms with E-state index in [1.807, 2.05) is 0 Å². The van der Waals surface area contributed by atoms with E-state index in [9.17, 15) is 0 Å². The summed E-state index contributed by atoms with van der Waals surface area (Å²) in [6.45, 7) is 13.5. The maximum atomic E-state index is 6.59. The lowest BCUT2D eigenvalue weighted by molar-refractivity contribution is 0.212. The number of pyridine rings is 1. The van der Waals surface area contributed by atoms with Crippen molar-refractivity contribution in [1.82, 2.24) is 4.98 Å². The van der Waals surface area contributed by atoms with Crippen LogP contribution in [-0.2, 0) is 10.2 Å². The quantitative estimate of drug-likeness (QED) is 0.287. The van der Waals surface area contributed by atoms with Gasteiger partial charge in [-0.1, -0.05) is 63.3 Å². The number of hydrogen-bond donors (Lipinski definition) is 0. The number of fused-ring (bicyclic) bond motifs is 3. The normalized spacial score (nSPS) is 19.6. The lowest BCUT2D eigenvalue weighted by Crippen LogP contribution is -2.15. The van der Waals surface area contributed by atoms with Crippen LogP contribution >= 0.6 is 11.3 Å². The minimum absolute atomic E-state index is 0.0285. The molecule has 4 aromatic rings. The van der Waals surface area contributed by atoms with Gasteiger partial charge in [0.1, 0.15) is 16.7 Å². The van der Waals surface area contributed by atoms with E-state index in [1.54, 1.807) is 11.3 Å². The Bertz CT molecular complexity index is 1590. The van der Waals surface area contributed by atoms with Crippen molar-refractivity contribution in [2.45, 2.75) is 53.1 Å². The van der Waals surface area contributed by atoms with Crippen molar-refractivity contribution in [2.24, 2.45) is 5.92 Å². The summed E-state index contributed by atoms with van der Waals surface area (Å²) < 4.78 is 6.59. The van der Waals surface area contributed by atoms with E-state index in [0.29, 0.717) is 5.92 Å². The number of ether oxygens (including phenoxy) is 1. The Morgan fingerprint density at radius 1 is 0.943 bits per heavy atom. The highest BCUT2D eigenvalue weighted by Crippen LogP contribution is 2.45. The van der Waals surface area contributed by atoms with Crippen molar-refractivity contribution < 1.29 is 4.74 Å². The zero-order chi connectivity index (χ0) is 24.5. The molecule has 0 bridgehead atoms. The van der Waals surface area contributed by atoms with Crippen LogP contribution < -0.4 is 0 Å². The lowest BCUT2D eigenvalue weighted by Gasteiger charge is -2.23. The van der Waals surface area contributed by atoms with E-state index >= 15 is 0 Å². The summed E-state index contributed by atoms with van der Waals surface area (Å²) in [4.78, 5) is 7.62. The first kappa shape index (κ1) is 22.3. The smallest absolute Gasteiger partial charge is 0.127 e. The molecule has 2 aromatic carbocycles. The first-order chi connectivity index (χ1) is 16.7. The van der Waals surface area contributed by atoms with Crippen molar-refractivity contribution in [2.75, 3.05) is 0 Å². The molecule has 0 amide bonds. The van der Waals surface area contributed by atoms with Crippen LogP contribution in [0.15, 0.2) is 72.3 Å². The monoisotopic (exact) mass is 477 g/mol. The molecular weight excluding hydrogens is 446 g/mol. The van der Waals surface area contributed by atoms with Gasteiger partial charge >= 0.3 is 0 Å². The zero-order valence-electron chi connectivity index (χ0n) is 21.3. The van der Waals surface area contributed by atoms with E-state index in [-0.39, 0.29) is 11.5 Å². The number of aromatic nitrogens is 1. The fourth-order valence-corrected chi connectivity index (χ4v) is 6.56. The summed E-state index contributed by atoms with van der Waals surface area (Å²) in [6, 6.07) is 15.6. The summed E-state index contributed by atoms with van der Waals surface area (Å²) in [6.07, 6.45) is 8.74. The first-order valence-electron chi connectivity index (χ1n) is 12.4. The van der Waals surface area contributed by atoms with E-state index < -0.39 is 0 Å². The molecule has 3 heteroatoms. The predicted molar refractivity (Wildman–Crippen MR) is 150 cm³/mol. The number of aryl methyl sites for hydroxylation is 2. The Labute approximate surface area is 211 Å². The van der Waals surface area contributed by atoms with Crippen LogP contribution in [-0.4, -0.2) is 11.1 Å². The minimum Gasteiger partial charge on any atom is -0.485 e. The molecule has 3 heterocycles. The molecule has 0 spiro atoms. The molecule has 0 saturated carbocycles. The topological polar surface area (TPSA) is 22.1 Å². The third kappa shape index (κ3) is 3.56. The van der Waals surface area contributed by atoms with Gasteiger partial charge in [0.15, 0.2) is 0 Å². The molecule has 2 unspecified atom stereocenters. The molecule has 6 rings (SSSR count). The van der Waals surface area contributed by atoms with E-state index in [2.05, 4.69) is 108 Å². The molecule has 1 aliphatic carbocycles. The van der Waals surface area contributed by atoms with Crippen LogP contribution in [0.25, 0.3) is 38.0 Å². The number of nitrogens with zero attached hydrogens (tertiary/aromatic N) is 1. The third-order valence-corrected chi connectivity index (χ3v) is 8.65. The van der Waals surface area contributed by atoms with E-state index in [1.165, 1.54) is 43.3 Å². The Hall–Kier alpha value is -3.17. The van der Waals surface area contributed by atoms with Crippen LogP contribution in [0.5, 0.6) is 0 Å². The zero-order valence-corrected chi connectivity index (χ0v) is 22.1. The number of allylic oxidation sites excluding steroid dienone is 2. The van der Waals surface area contributed by atoms with Gasteiger partial charge in [0.05, 0.1) is 5.69 Å². The number of thiophene rings is 1. The highest BCUT2D eigenvalue weighted by molar-refractivity contribution is 7.18. The standard InChI is InChI=1S/C32H31NOS/c1-18-20(3)35-31-29(18)25(30-19(2)23-12-9-10-14-28(23)34-30)17-27(33-31)22-15-21-11-7-8-13-24(21)26(16-22)32(4,5)6/h7-17,23,28H,1-6H3. The molecule has 0 saturated heterocycles. The molecular formula is C32H31NOS. The molecule has 2 aliphatic rings. The Morgan fingerprint density at radius 3 is 2.49 bits per heavy atom. The predicted octanol–water partition coefficient (Wildman–Crippen LogP) is 8.90. The number of benzene rings is 2. The highest BCUT2D eigenvalue weighted by atomic mass is 32.1. The molecule has 0 fully saturated rings. The highest BCUT2D eigenvalue weighted by Gasteiger charge is 2.34. The maximum absolute atomic E-state index is 6.59. The molecule has 35 heavy (non-hydrogen) atoms. The van der Waals surface area contributed by atoms with Crippen LogP contribution in [0, 0.1) is 19.8 Å². The molecule has 0 radical (unpaired) electrons. The second-order valence-corrected chi connectivity index (χ2v) is 12.1. The van der Waals surface area contributed by atoms with Gasteiger partial charge in [0, 0.05) is 27.3 Å². The second-order valence-electron chi connectivity index (χ2n) is 10.9. The van der Waals surface area contributed by atoms with Gasteiger partial charge < -0.3 is 4.74 Å². The van der Waals surface area contributed by atoms with Crippen molar-refractivity contribution in [1.29, 1.82) is 0 Å². The number of rotatable bonds is 2. The van der Waals surface area contributed by atoms with Crippen LogP contribution in [0.1, 0.15) is 49.3 Å². The van der Waals surface area contributed by atoms with Gasteiger partial charge in [-0.15, -0.1) is 11.3 Å². The second kappa shape index (κ2) is 7.93. The summed E-state index contributed by atoms with van der Waals surface area (Å²) >= 11 is 1.78. The van der Waals surface area contributed by atoms with Crippen LogP contribution in [0.4, 0.5) is 0 Å². The molecule has 2 atom stereocenters. The van der Waals surface area contributed by atoms with Gasteiger partial charge in [-0.25, -0.2) is 4.98 Å². The SMILES string of the molecule is CC1=C(c2cc(-c3cc(C(C)(C)C)c4ccccc4c3)nc3sc(C)c(C)c23)OC2C=CC=CC12. The minimum atomic E-state index is 0.0285. The van der Waals surface area contributed by atoms with Crippen molar-refractivity contribution >= 4 is 38.1 Å². The van der Waals surface area contributed by atoms with Gasteiger partial charge in [-0.3, -0.25) is 0 Å². The number of hydrogen-bond acceptors (Lipinski definition) is 3. The van der Waals surface area contributed by atoms with Gasteiger partial charge in [-0.05, 0) is 77.9 Å². The molecule has 176 valence electrons. The van der Waals surface area contributed by atoms with Crippen molar-refractivity contribution in [3.05, 3.63) is 93.9 Å². The molecule has 1 aliphatic heterocycles. The van der Waals surface area contributed by atoms with Gasteiger partial charge in [0.2, 0.25) is 0 Å². The summed E-state index contributed by atoms with van der Waals surface area (Å²) in [5.74, 6) is 1.32. The van der Waals surface area contributed by atoms with E-state index in [4.69, 9.17) is 9.72 Å². The third-order valence-electron chi connectivity index (χ3n) is 7.55. The fourth-order valence-electron chi connectivity index (χ4n) is 5.51. The fraction of sp³-hybridized carbons (Fsp3) is 0.281. The van der Waals surface area contributed by atoms with Crippen LogP contribution in [0.2, 0.25) is 0 Å². The van der Waals surface area contributed by atoms with Crippen LogP contribution in [0.3, 0.4) is 0 Å². The Balaban J connectivity index is 1.62. The average Bonchev–Trinajstić information content (AvgIpc) is 3.33. The molecule has 2 aromatic heterocycles. The largest absolute Gasteiger partial charge is 0.485 e. The lowest BCUT2D eigenvalue weighted by atomic mass is 9.82. The van der Waals surface area contributed by atoms with Gasteiger partial charge in [0.25, 0.3) is 0 Å². The van der Waals surface area contributed by atoms with Crippen molar-refractivity contribution in [3.8, 4) is 11.3 Å². The molecule has 0 N–H and O–H groups in total. The molecule has 2 nitrogen and oxygen atoms in total. The summed E-state index contributed by atoms with van der Waals surface area (Å²) in [7, 11) is 0. The first-order valence-corrected chi connectivity index (χ1v) is 13.2. The Kier molecular flexibility index (Phi) is 5.05. The summed E-state index contributed by atoms with van der Waals surface area (Å²) in [5, 5.41) is 3.80. The maximum Gasteiger partial charge on any atom is 0.127 e. The van der Waals surface area contributed by atoms with E-state index in [0.717, 1.165) is 21.8 Å².